The van der Waals surface area contributed by atoms with Crippen LogP contribution in [0.1, 0.15) is 12.0 Å². The van der Waals surface area contributed by atoms with E-state index in [-0.39, 0.29) is 26.0 Å². The van der Waals surface area contributed by atoms with Gasteiger partial charge in [-0.1, -0.05) is 29.3 Å². The van der Waals surface area contributed by atoms with E-state index in [2.05, 4.69) is 5.32 Å². The number of benzene rings is 1. The Morgan fingerprint density at radius 2 is 2.10 bits per heavy atom. The lowest BCUT2D eigenvalue weighted by Crippen LogP contribution is -2.29. The van der Waals surface area contributed by atoms with Crippen molar-refractivity contribution in [1.29, 1.82) is 5.26 Å². The molecule has 0 heterocycles. The van der Waals surface area contributed by atoms with E-state index >= 15 is 0 Å². The van der Waals surface area contributed by atoms with Gasteiger partial charge in [-0.3, -0.25) is 9.59 Å². The molecule has 0 spiro atoms. The van der Waals surface area contributed by atoms with E-state index in [1.54, 1.807) is 12.1 Å². The molecular formula is C13H12Cl2N2O3. The molecule has 1 aromatic rings. The minimum absolute atomic E-state index is 0.0402. The van der Waals surface area contributed by atoms with E-state index in [4.69, 9.17) is 33.2 Å². The summed E-state index contributed by atoms with van der Waals surface area (Å²) in [7, 11) is 0. The summed E-state index contributed by atoms with van der Waals surface area (Å²) in [5.41, 5.74) is 0.575. The molecule has 0 fully saturated rings. The number of hydrogen-bond donors (Lipinski definition) is 1. The van der Waals surface area contributed by atoms with Gasteiger partial charge in [0.25, 0.3) is 5.91 Å². The van der Waals surface area contributed by atoms with Gasteiger partial charge < -0.3 is 10.1 Å². The van der Waals surface area contributed by atoms with Gasteiger partial charge in [0.2, 0.25) is 0 Å². The van der Waals surface area contributed by atoms with Crippen molar-refractivity contribution in [2.24, 2.45) is 0 Å². The number of nitrogens with one attached hydrogen (secondary N) is 1. The summed E-state index contributed by atoms with van der Waals surface area (Å²) in [6, 6.07) is 6.65. The van der Waals surface area contributed by atoms with Gasteiger partial charge in [-0.2, -0.15) is 5.26 Å². The van der Waals surface area contributed by atoms with Crippen LogP contribution in [0.15, 0.2) is 18.2 Å². The van der Waals surface area contributed by atoms with Crippen LogP contribution < -0.4 is 5.32 Å². The Balaban J connectivity index is 2.37. The molecule has 7 heteroatoms. The smallest absolute Gasteiger partial charge is 0.310 e. The fourth-order valence-electron chi connectivity index (χ4n) is 1.33. The Bertz CT molecular complexity index is 541. The Labute approximate surface area is 126 Å². The molecule has 0 aliphatic heterocycles. The highest BCUT2D eigenvalue weighted by Crippen LogP contribution is 2.21. The number of esters is 1. The van der Waals surface area contributed by atoms with E-state index in [9.17, 15) is 9.59 Å². The lowest BCUT2D eigenvalue weighted by molar-refractivity contribution is -0.147. The molecule has 1 N–H and O–H groups in total. The molecule has 0 radical (unpaired) electrons. The highest BCUT2D eigenvalue weighted by molar-refractivity contribution is 6.35. The Hall–Kier alpha value is -1.77. The van der Waals surface area contributed by atoms with Gasteiger partial charge in [0.15, 0.2) is 6.61 Å². The predicted octanol–water partition coefficient (Wildman–Crippen LogP) is 2.11. The van der Waals surface area contributed by atoms with Crippen LogP contribution in [0.4, 0.5) is 0 Å². The third-order valence-electron chi connectivity index (χ3n) is 2.27. The highest BCUT2D eigenvalue weighted by atomic mass is 35.5. The topological polar surface area (TPSA) is 79.2 Å². The largest absolute Gasteiger partial charge is 0.455 e. The molecule has 106 valence electrons. The second-order valence-corrected chi connectivity index (χ2v) is 4.67. The molecule has 0 saturated heterocycles. The average molecular weight is 315 g/mol. The fourth-order valence-corrected chi connectivity index (χ4v) is 1.80. The lowest BCUT2D eigenvalue weighted by atomic mass is 10.1. The molecule has 0 atom stereocenters. The number of halogens is 2. The fraction of sp³-hybridized carbons (Fsp3) is 0.308. The second-order valence-electron chi connectivity index (χ2n) is 3.83. The summed E-state index contributed by atoms with van der Waals surface area (Å²) in [5, 5.41) is 11.6. The van der Waals surface area contributed by atoms with E-state index in [0.29, 0.717) is 15.6 Å². The number of nitrogens with zero attached hydrogens (tertiary/aromatic N) is 1. The molecule has 0 unspecified atom stereocenters. The molecule has 0 saturated carbocycles. The lowest BCUT2D eigenvalue weighted by Gasteiger charge is -2.06. The summed E-state index contributed by atoms with van der Waals surface area (Å²) in [4.78, 5) is 22.8. The Morgan fingerprint density at radius 3 is 2.75 bits per heavy atom. The molecule has 20 heavy (non-hydrogen) atoms. The summed E-state index contributed by atoms with van der Waals surface area (Å²) in [6.45, 7) is -0.147. The standard InChI is InChI=1S/C13H12Cl2N2O3/c14-10-3-2-9(11(15)7-10)6-13(19)20-8-12(18)17-5-1-4-16/h2-3,7H,1,5-6,8H2,(H,17,18). The minimum atomic E-state index is -0.565. The second kappa shape index (κ2) is 8.41. The van der Waals surface area contributed by atoms with Gasteiger partial charge >= 0.3 is 5.97 Å². The Morgan fingerprint density at radius 1 is 1.35 bits per heavy atom. The third-order valence-corrected chi connectivity index (χ3v) is 2.86. The molecular weight excluding hydrogens is 303 g/mol. The van der Waals surface area contributed by atoms with Crippen LogP contribution in [0.25, 0.3) is 0 Å². The van der Waals surface area contributed by atoms with Crippen molar-refractivity contribution in [3.63, 3.8) is 0 Å². The maximum atomic E-state index is 11.5. The van der Waals surface area contributed by atoms with Crippen molar-refractivity contribution in [2.75, 3.05) is 13.2 Å². The summed E-state index contributed by atoms with van der Waals surface area (Å²) in [6.07, 6.45) is 0.168. The van der Waals surface area contributed by atoms with Crippen LogP contribution in [-0.2, 0) is 20.7 Å². The van der Waals surface area contributed by atoms with Gasteiger partial charge in [0.05, 0.1) is 18.9 Å². The average Bonchev–Trinajstić information content (AvgIpc) is 2.40. The zero-order chi connectivity index (χ0) is 15.0. The first-order valence-corrected chi connectivity index (χ1v) is 6.51. The van der Waals surface area contributed by atoms with Crippen molar-refractivity contribution in [1.82, 2.24) is 5.32 Å². The van der Waals surface area contributed by atoms with Gasteiger partial charge in [-0.15, -0.1) is 0 Å². The normalized spacial score (nSPS) is 9.65. The van der Waals surface area contributed by atoms with Crippen molar-refractivity contribution < 1.29 is 14.3 Å². The molecule has 1 aromatic carbocycles. The van der Waals surface area contributed by atoms with Crippen molar-refractivity contribution >= 4 is 35.1 Å². The number of amides is 1. The van der Waals surface area contributed by atoms with E-state index < -0.39 is 11.9 Å². The van der Waals surface area contributed by atoms with Crippen LogP contribution in [0.2, 0.25) is 10.0 Å². The van der Waals surface area contributed by atoms with Crippen molar-refractivity contribution in [2.45, 2.75) is 12.8 Å². The predicted molar refractivity (Wildman–Crippen MR) is 74.4 cm³/mol. The van der Waals surface area contributed by atoms with Crippen LogP contribution in [0.3, 0.4) is 0 Å². The van der Waals surface area contributed by atoms with Gasteiger partial charge in [0.1, 0.15) is 0 Å². The first kappa shape index (κ1) is 16.3. The molecule has 5 nitrogen and oxygen atoms in total. The third kappa shape index (κ3) is 5.91. The summed E-state index contributed by atoms with van der Waals surface area (Å²) >= 11 is 11.7. The van der Waals surface area contributed by atoms with E-state index in [1.807, 2.05) is 6.07 Å². The zero-order valence-electron chi connectivity index (χ0n) is 10.5. The summed E-state index contributed by atoms with van der Waals surface area (Å²) in [5.74, 6) is -1.01. The van der Waals surface area contributed by atoms with E-state index in [0.717, 1.165) is 0 Å². The van der Waals surface area contributed by atoms with Crippen LogP contribution in [0, 0.1) is 11.3 Å². The summed E-state index contributed by atoms with van der Waals surface area (Å²) < 4.78 is 4.80. The number of rotatable bonds is 6. The maximum Gasteiger partial charge on any atom is 0.310 e. The first-order valence-electron chi connectivity index (χ1n) is 5.76. The zero-order valence-corrected chi connectivity index (χ0v) is 12.0. The van der Waals surface area contributed by atoms with Crippen LogP contribution in [0.5, 0.6) is 0 Å². The van der Waals surface area contributed by atoms with Crippen molar-refractivity contribution in [3.05, 3.63) is 33.8 Å². The van der Waals surface area contributed by atoms with E-state index in [1.165, 1.54) is 6.07 Å². The van der Waals surface area contributed by atoms with Crippen molar-refractivity contribution in [3.8, 4) is 6.07 Å². The highest BCUT2D eigenvalue weighted by Gasteiger charge is 2.10. The van der Waals surface area contributed by atoms with Gasteiger partial charge in [-0.25, -0.2) is 0 Å². The minimum Gasteiger partial charge on any atom is -0.455 e. The van der Waals surface area contributed by atoms with Gasteiger partial charge in [0, 0.05) is 16.6 Å². The Kier molecular flexibility index (Phi) is 6.85. The van der Waals surface area contributed by atoms with Gasteiger partial charge in [-0.05, 0) is 17.7 Å². The molecule has 0 aliphatic carbocycles. The molecule has 1 rings (SSSR count). The maximum absolute atomic E-state index is 11.5. The SMILES string of the molecule is N#CCCNC(=O)COC(=O)Cc1ccc(Cl)cc1Cl. The van der Waals surface area contributed by atoms with Crippen LogP contribution >= 0.6 is 23.2 Å². The molecule has 0 aromatic heterocycles. The number of ether oxygens (including phenoxy) is 1. The number of carbonyl (C=O) groups is 2. The molecule has 1 amide bonds. The number of nitriles is 1. The molecule has 0 bridgehead atoms. The first-order chi connectivity index (χ1) is 9.52. The molecule has 0 aliphatic rings. The number of carbonyl (C=O) groups excluding carboxylic acids is 2. The van der Waals surface area contributed by atoms with Crippen LogP contribution in [-0.4, -0.2) is 25.0 Å². The quantitative estimate of drug-likeness (QED) is 0.644. The number of hydrogen-bond acceptors (Lipinski definition) is 4. The monoisotopic (exact) mass is 314 g/mol.